The maximum atomic E-state index is 10.4. The lowest BCUT2D eigenvalue weighted by Gasteiger charge is -2.24. The molecule has 0 aliphatic rings. The van der Waals surface area contributed by atoms with Crippen LogP contribution in [0.5, 0.6) is 0 Å². The number of pyridine rings is 1. The molecule has 118 valence electrons. The van der Waals surface area contributed by atoms with Crippen LogP contribution >= 0.6 is 11.8 Å². The van der Waals surface area contributed by atoms with Crippen molar-refractivity contribution in [3.8, 4) is 0 Å². The third kappa shape index (κ3) is 4.55. The summed E-state index contributed by atoms with van der Waals surface area (Å²) < 4.78 is 0. The lowest BCUT2D eigenvalue weighted by atomic mass is 9.93. The first-order valence-corrected chi connectivity index (χ1v) is 8.20. The molecule has 3 unspecified atom stereocenters. The molecule has 0 saturated carbocycles. The average molecular weight is 319 g/mol. The summed E-state index contributed by atoms with van der Waals surface area (Å²) in [5.74, 6) is 0.181. The number of benzene rings is 1. The van der Waals surface area contributed by atoms with Crippen molar-refractivity contribution in [1.82, 2.24) is 4.98 Å². The summed E-state index contributed by atoms with van der Waals surface area (Å²) in [7, 11) is 0. The quantitative estimate of drug-likeness (QED) is 0.683. The molecule has 22 heavy (non-hydrogen) atoms. The Hall–Kier alpha value is -1.40. The Morgan fingerprint density at radius 2 is 1.82 bits per heavy atom. The highest BCUT2D eigenvalue weighted by atomic mass is 32.2. The van der Waals surface area contributed by atoms with Crippen molar-refractivity contribution in [2.75, 3.05) is 5.75 Å². The molecule has 1 heterocycles. The second kappa shape index (κ2) is 8.29. The van der Waals surface area contributed by atoms with Crippen molar-refractivity contribution in [2.24, 2.45) is 5.92 Å². The molecule has 3 N–H and O–H groups in total. The maximum Gasteiger partial charge on any atom is 0.0960 e. The van der Waals surface area contributed by atoms with Gasteiger partial charge in [-0.05, 0) is 23.3 Å². The van der Waals surface area contributed by atoms with E-state index in [9.17, 15) is 10.2 Å². The summed E-state index contributed by atoms with van der Waals surface area (Å²) in [4.78, 5) is 4.20. The number of aliphatic hydroxyl groups excluding tert-OH is 3. The summed E-state index contributed by atoms with van der Waals surface area (Å²) in [6.45, 7) is 1.81. The SMILES string of the molecule is CC(C(O)CSc1ccccn1)C(O)c1ccc(CO)cc1. The van der Waals surface area contributed by atoms with Gasteiger partial charge in [-0.25, -0.2) is 4.98 Å². The fourth-order valence-electron chi connectivity index (χ4n) is 2.09. The zero-order valence-corrected chi connectivity index (χ0v) is 13.3. The van der Waals surface area contributed by atoms with Gasteiger partial charge in [-0.1, -0.05) is 37.3 Å². The van der Waals surface area contributed by atoms with E-state index in [-0.39, 0.29) is 12.5 Å². The Morgan fingerprint density at radius 3 is 2.41 bits per heavy atom. The second-order valence-corrected chi connectivity index (χ2v) is 6.29. The summed E-state index contributed by atoms with van der Waals surface area (Å²) in [5.41, 5.74) is 1.54. The smallest absolute Gasteiger partial charge is 0.0960 e. The van der Waals surface area contributed by atoms with Gasteiger partial charge in [0.15, 0.2) is 0 Å². The number of hydrogen-bond acceptors (Lipinski definition) is 5. The first-order valence-electron chi connectivity index (χ1n) is 7.21. The van der Waals surface area contributed by atoms with Crippen LogP contribution in [0.4, 0.5) is 0 Å². The fraction of sp³-hybridized carbons (Fsp3) is 0.353. The molecule has 5 heteroatoms. The molecule has 0 bridgehead atoms. The molecule has 0 aliphatic heterocycles. The van der Waals surface area contributed by atoms with Gasteiger partial charge in [-0.2, -0.15) is 0 Å². The van der Waals surface area contributed by atoms with Gasteiger partial charge in [0.25, 0.3) is 0 Å². The van der Waals surface area contributed by atoms with Crippen LogP contribution in [-0.4, -0.2) is 32.2 Å². The van der Waals surface area contributed by atoms with Gasteiger partial charge in [0.1, 0.15) is 0 Å². The highest BCUT2D eigenvalue weighted by Gasteiger charge is 2.24. The fourth-order valence-corrected chi connectivity index (χ4v) is 3.04. The molecule has 0 amide bonds. The highest BCUT2D eigenvalue weighted by Crippen LogP contribution is 2.27. The van der Waals surface area contributed by atoms with Crippen molar-refractivity contribution in [2.45, 2.75) is 30.8 Å². The van der Waals surface area contributed by atoms with E-state index in [1.165, 1.54) is 11.8 Å². The predicted molar refractivity (Wildman–Crippen MR) is 87.5 cm³/mol. The number of aromatic nitrogens is 1. The Bertz CT molecular complexity index is 562. The summed E-state index contributed by atoms with van der Waals surface area (Å²) >= 11 is 1.47. The minimum atomic E-state index is -0.743. The van der Waals surface area contributed by atoms with Gasteiger partial charge in [0.2, 0.25) is 0 Å². The van der Waals surface area contributed by atoms with Crippen molar-refractivity contribution < 1.29 is 15.3 Å². The summed E-state index contributed by atoms with van der Waals surface area (Å²) in [6, 6.07) is 12.8. The van der Waals surface area contributed by atoms with Crippen molar-refractivity contribution >= 4 is 11.8 Å². The normalized spacial score (nSPS) is 15.3. The molecular weight excluding hydrogens is 298 g/mol. The number of nitrogens with zero attached hydrogens (tertiary/aromatic N) is 1. The van der Waals surface area contributed by atoms with Crippen LogP contribution in [0.25, 0.3) is 0 Å². The van der Waals surface area contributed by atoms with Gasteiger partial charge < -0.3 is 15.3 Å². The van der Waals surface area contributed by atoms with Gasteiger partial charge >= 0.3 is 0 Å². The van der Waals surface area contributed by atoms with E-state index in [4.69, 9.17) is 5.11 Å². The molecule has 0 saturated heterocycles. The number of aliphatic hydroxyl groups is 3. The van der Waals surface area contributed by atoms with Crippen LogP contribution in [0, 0.1) is 5.92 Å². The molecule has 1 aromatic heterocycles. The Labute approximate surface area is 134 Å². The molecule has 3 atom stereocenters. The molecule has 2 rings (SSSR count). The molecule has 0 radical (unpaired) electrons. The topological polar surface area (TPSA) is 73.6 Å². The second-order valence-electron chi connectivity index (χ2n) is 5.25. The molecule has 0 aliphatic carbocycles. The monoisotopic (exact) mass is 319 g/mol. The van der Waals surface area contributed by atoms with Crippen LogP contribution in [0.15, 0.2) is 53.7 Å². The van der Waals surface area contributed by atoms with Crippen LogP contribution in [0.1, 0.15) is 24.2 Å². The van der Waals surface area contributed by atoms with Crippen molar-refractivity contribution in [1.29, 1.82) is 0 Å². The van der Waals surface area contributed by atoms with Gasteiger partial charge in [-0.3, -0.25) is 0 Å². The first-order chi connectivity index (χ1) is 10.6. The summed E-state index contributed by atoms with van der Waals surface area (Å²) in [6.07, 6.45) is 0.335. The van der Waals surface area contributed by atoms with Crippen LogP contribution < -0.4 is 0 Å². The van der Waals surface area contributed by atoms with E-state index < -0.39 is 12.2 Å². The third-order valence-corrected chi connectivity index (χ3v) is 4.69. The third-order valence-electron chi connectivity index (χ3n) is 3.65. The Kier molecular flexibility index (Phi) is 6.39. The standard InChI is InChI=1S/C17H21NO3S/c1-12(15(20)11-22-16-4-2-3-9-18-16)17(21)14-7-5-13(10-19)6-8-14/h2-9,12,15,17,19-21H,10-11H2,1H3. The lowest BCUT2D eigenvalue weighted by Crippen LogP contribution is -2.26. The minimum Gasteiger partial charge on any atom is -0.392 e. The molecule has 1 aromatic carbocycles. The number of rotatable bonds is 7. The van der Waals surface area contributed by atoms with E-state index >= 15 is 0 Å². The lowest BCUT2D eigenvalue weighted by molar-refractivity contribution is 0.0330. The van der Waals surface area contributed by atoms with Crippen LogP contribution in [-0.2, 0) is 6.61 Å². The average Bonchev–Trinajstić information content (AvgIpc) is 2.59. The first kappa shape index (κ1) is 17.0. The van der Waals surface area contributed by atoms with Crippen molar-refractivity contribution in [3.05, 3.63) is 59.8 Å². The molecule has 4 nitrogen and oxygen atoms in total. The van der Waals surface area contributed by atoms with Gasteiger partial charge in [0.05, 0.1) is 23.8 Å². The molecule has 0 fully saturated rings. The van der Waals surface area contributed by atoms with E-state index in [0.29, 0.717) is 5.75 Å². The van der Waals surface area contributed by atoms with E-state index in [1.54, 1.807) is 30.5 Å². The zero-order chi connectivity index (χ0) is 15.9. The van der Waals surface area contributed by atoms with E-state index in [0.717, 1.165) is 16.2 Å². The van der Waals surface area contributed by atoms with Gasteiger partial charge in [-0.15, -0.1) is 11.8 Å². The highest BCUT2D eigenvalue weighted by molar-refractivity contribution is 7.99. The Balaban J connectivity index is 1.92. The Morgan fingerprint density at radius 1 is 1.09 bits per heavy atom. The van der Waals surface area contributed by atoms with E-state index in [1.807, 2.05) is 25.1 Å². The maximum absolute atomic E-state index is 10.4. The predicted octanol–water partition coefficient (Wildman–Crippen LogP) is 2.40. The number of thioether (sulfide) groups is 1. The number of hydrogen-bond donors (Lipinski definition) is 3. The molecule has 0 spiro atoms. The van der Waals surface area contributed by atoms with Gasteiger partial charge in [0, 0.05) is 17.9 Å². The molecular formula is C17H21NO3S. The largest absolute Gasteiger partial charge is 0.392 e. The van der Waals surface area contributed by atoms with Crippen molar-refractivity contribution in [3.63, 3.8) is 0 Å². The van der Waals surface area contributed by atoms with E-state index in [2.05, 4.69) is 4.98 Å². The van der Waals surface area contributed by atoms with Crippen LogP contribution in [0.3, 0.4) is 0 Å². The summed E-state index contributed by atoms with van der Waals surface area (Å²) in [5, 5.41) is 30.5. The zero-order valence-electron chi connectivity index (χ0n) is 12.5. The van der Waals surface area contributed by atoms with Crippen LogP contribution in [0.2, 0.25) is 0 Å². The molecule has 2 aromatic rings. The minimum absolute atomic E-state index is 0.0186.